The maximum absolute atomic E-state index is 11.4. The highest BCUT2D eigenvalue weighted by molar-refractivity contribution is 6.12. The van der Waals surface area contributed by atoms with Crippen molar-refractivity contribution in [2.45, 2.75) is 19.4 Å². The monoisotopic (exact) mass is 258 g/mol. The Labute approximate surface area is 113 Å². The fraction of sp³-hybridized carbons (Fsp3) is 0.333. The van der Waals surface area contributed by atoms with Gasteiger partial charge in [-0.15, -0.1) is 0 Å². The van der Waals surface area contributed by atoms with Crippen LogP contribution in [0.5, 0.6) is 0 Å². The van der Waals surface area contributed by atoms with E-state index in [1.165, 1.54) is 28.2 Å². The Hall–Kier alpha value is -1.94. The topological polar surface area (TPSA) is 49.4 Å². The number of hydrogen-bond acceptors (Lipinski definition) is 3. The fourth-order valence-electron chi connectivity index (χ4n) is 2.12. The second-order valence-corrected chi connectivity index (χ2v) is 4.61. The summed E-state index contributed by atoms with van der Waals surface area (Å²) in [4.78, 5) is 24.0. The molecular formula is C15H18N2O2. The van der Waals surface area contributed by atoms with Gasteiger partial charge in [0, 0.05) is 25.2 Å². The van der Waals surface area contributed by atoms with E-state index in [2.05, 4.69) is 29.6 Å². The predicted molar refractivity (Wildman–Crippen MR) is 73.4 cm³/mol. The van der Waals surface area contributed by atoms with Crippen molar-refractivity contribution >= 4 is 11.8 Å². The van der Waals surface area contributed by atoms with Gasteiger partial charge in [0.15, 0.2) is 0 Å². The molecule has 1 heterocycles. The van der Waals surface area contributed by atoms with Crippen molar-refractivity contribution in [2.24, 2.45) is 0 Å². The average Bonchev–Trinajstić information content (AvgIpc) is 2.73. The molecule has 1 aromatic rings. The second kappa shape index (κ2) is 6.29. The van der Waals surface area contributed by atoms with Gasteiger partial charge in [-0.3, -0.25) is 14.5 Å². The van der Waals surface area contributed by atoms with E-state index in [-0.39, 0.29) is 11.8 Å². The van der Waals surface area contributed by atoms with E-state index in [1.54, 1.807) is 0 Å². The molecule has 0 saturated heterocycles. The number of nitrogens with zero attached hydrogens (tertiary/aromatic N) is 1. The van der Waals surface area contributed by atoms with Gasteiger partial charge in [0.05, 0.1) is 0 Å². The van der Waals surface area contributed by atoms with Gasteiger partial charge in [0.1, 0.15) is 0 Å². The molecule has 0 unspecified atom stereocenters. The average molecular weight is 258 g/mol. The molecule has 4 heteroatoms. The lowest BCUT2D eigenvalue weighted by molar-refractivity contribution is -0.136. The molecule has 0 aromatic heterocycles. The van der Waals surface area contributed by atoms with Gasteiger partial charge < -0.3 is 5.32 Å². The summed E-state index contributed by atoms with van der Waals surface area (Å²) in [5, 5.41) is 3.10. The summed E-state index contributed by atoms with van der Waals surface area (Å²) in [6.45, 7) is 1.35. The van der Waals surface area contributed by atoms with Crippen LogP contribution >= 0.6 is 0 Å². The third kappa shape index (κ3) is 3.51. The zero-order chi connectivity index (χ0) is 13.7. The number of aryl methyl sites for hydroxylation is 1. The number of rotatable bonds is 6. The Morgan fingerprint density at radius 3 is 2.16 bits per heavy atom. The highest BCUT2D eigenvalue weighted by atomic mass is 16.2. The predicted octanol–water partition coefficient (Wildman–Crippen LogP) is 1.26. The van der Waals surface area contributed by atoms with Crippen molar-refractivity contribution in [1.29, 1.82) is 0 Å². The molecule has 1 aromatic carbocycles. The lowest BCUT2D eigenvalue weighted by atomic mass is 10.1. The summed E-state index contributed by atoms with van der Waals surface area (Å²) >= 11 is 0. The van der Waals surface area contributed by atoms with E-state index in [1.807, 2.05) is 7.05 Å². The lowest BCUT2D eigenvalue weighted by Crippen LogP contribution is -2.31. The summed E-state index contributed by atoms with van der Waals surface area (Å²) in [6.07, 6.45) is 4.32. The molecule has 0 aliphatic carbocycles. The molecule has 2 rings (SSSR count). The molecule has 0 fully saturated rings. The number of hydrogen-bond donors (Lipinski definition) is 1. The fourth-order valence-corrected chi connectivity index (χ4v) is 2.12. The van der Waals surface area contributed by atoms with E-state index in [0.717, 1.165) is 19.4 Å². The highest BCUT2D eigenvalue weighted by Gasteiger charge is 2.22. The zero-order valence-electron chi connectivity index (χ0n) is 11.1. The van der Waals surface area contributed by atoms with Gasteiger partial charge in [-0.05, 0) is 31.0 Å². The maximum Gasteiger partial charge on any atom is 0.253 e. The SMILES string of the molecule is CNCc1ccc(CCCN2C(=O)C=CC2=O)cc1. The molecular weight excluding hydrogens is 240 g/mol. The molecule has 1 aliphatic rings. The van der Waals surface area contributed by atoms with Crippen LogP contribution in [0.4, 0.5) is 0 Å². The Balaban J connectivity index is 1.79. The first kappa shape index (κ1) is 13.5. The van der Waals surface area contributed by atoms with E-state index in [0.29, 0.717) is 6.54 Å². The van der Waals surface area contributed by atoms with Crippen molar-refractivity contribution in [3.63, 3.8) is 0 Å². The van der Waals surface area contributed by atoms with Crippen molar-refractivity contribution in [2.75, 3.05) is 13.6 Å². The third-order valence-electron chi connectivity index (χ3n) is 3.15. The van der Waals surface area contributed by atoms with Gasteiger partial charge in [-0.2, -0.15) is 0 Å². The molecule has 100 valence electrons. The molecule has 0 saturated carbocycles. The number of imide groups is 1. The molecule has 1 aliphatic heterocycles. The third-order valence-corrected chi connectivity index (χ3v) is 3.15. The molecule has 0 bridgehead atoms. The molecule has 19 heavy (non-hydrogen) atoms. The Bertz CT molecular complexity index is 473. The Morgan fingerprint density at radius 1 is 1.00 bits per heavy atom. The number of nitrogens with one attached hydrogen (secondary N) is 1. The standard InChI is InChI=1S/C15H18N2O2/c1-16-11-13-6-4-12(5-7-13)3-2-10-17-14(18)8-9-15(17)19/h4-9,16H,2-3,10-11H2,1H3. The second-order valence-electron chi connectivity index (χ2n) is 4.61. The van der Waals surface area contributed by atoms with Crippen LogP contribution in [0.2, 0.25) is 0 Å². The molecule has 4 nitrogen and oxygen atoms in total. The molecule has 0 spiro atoms. The smallest absolute Gasteiger partial charge is 0.253 e. The molecule has 0 atom stereocenters. The van der Waals surface area contributed by atoms with Crippen LogP contribution in [0.15, 0.2) is 36.4 Å². The largest absolute Gasteiger partial charge is 0.316 e. The zero-order valence-corrected chi connectivity index (χ0v) is 11.1. The number of carbonyl (C=O) groups is 2. The minimum Gasteiger partial charge on any atom is -0.316 e. The highest BCUT2D eigenvalue weighted by Crippen LogP contribution is 2.09. The van der Waals surface area contributed by atoms with E-state index in [4.69, 9.17) is 0 Å². The van der Waals surface area contributed by atoms with Gasteiger partial charge in [-0.25, -0.2) is 0 Å². The quantitative estimate of drug-likeness (QED) is 0.782. The first-order valence-electron chi connectivity index (χ1n) is 6.46. The van der Waals surface area contributed by atoms with Crippen LogP contribution in [0.3, 0.4) is 0 Å². The number of amides is 2. The lowest BCUT2D eigenvalue weighted by Gasteiger charge is -2.13. The summed E-state index contributed by atoms with van der Waals surface area (Å²) in [6, 6.07) is 8.39. The summed E-state index contributed by atoms with van der Waals surface area (Å²) in [5.74, 6) is -0.399. The van der Waals surface area contributed by atoms with Gasteiger partial charge in [0.2, 0.25) is 0 Å². The molecule has 1 N–H and O–H groups in total. The van der Waals surface area contributed by atoms with Crippen LogP contribution in [-0.2, 0) is 22.6 Å². The minimum absolute atomic E-state index is 0.200. The van der Waals surface area contributed by atoms with Gasteiger partial charge in [0.25, 0.3) is 11.8 Å². The van der Waals surface area contributed by atoms with Gasteiger partial charge >= 0.3 is 0 Å². The van der Waals surface area contributed by atoms with Crippen LogP contribution in [-0.4, -0.2) is 30.3 Å². The van der Waals surface area contributed by atoms with Crippen LogP contribution < -0.4 is 5.32 Å². The van der Waals surface area contributed by atoms with Gasteiger partial charge in [-0.1, -0.05) is 24.3 Å². The minimum atomic E-state index is -0.200. The van der Waals surface area contributed by atoms with Crippen molar-refractivity contribution < 1.29 is 9.59 Å². The molecule has 2 amide bonds. The van der Waals surface area contributed by atoms with Crippen molar-refractivity contribution in [1.82, 2.24) is 10.2 Å². The van der Waals surface area contributed by atoms with E-state index >= 15 is 0 Å². The molecule has 0 radical (unpaired) electrons. The van der Waals surface area contributed by atoms with Crippen molar-refractivity contribution in [3.05, 3.63) is 47.5 Å². The van der Waals surface area contributed by atoms with Crippen molar-refractivity contribution in [3.8, 4) is 0 Å². The summed E-state index contributed by atoms with van der Waals surface area (Å²) < 4.78 is 0. The summed E-state index contributed by atoms with van der Waals surface area (Å²) in [7, 11) is 1.92. The first-order valence-corrected chi connectivity index (χ1v) is 6.46. The normalized spacial score (nSPS) is 14.5. The van der Waals surface area contributed by atoms with Crippen LogP contribution in [0.1, 0.15) is 17.5 Å². The number of carbonyl (C=O) groups excluding carboxylic acids is 2. The van der Waals surface area contributed by atoms with Crippen LogP contribution in [0, 0.1) is 0 Å². The maximum atomic E-state index is 11.4. The first-order chi connectivity index (χ1) is 9.20. The Morgan fingerprint density at radius 2 is 1.58 bits per heavy atom. The summed E-state index contributed by atoms with van der Waals surface area (Å²) in [5.41, 5.74) is 2.48. The van der Waals surface area contributed by atoms with E-state index < -0.39 is 0 Å². The number of benzene rings is 1. The van der Waals surface area contributed by atoms with E-state index in [9.17, 15) is 9.59 Å². The Kier molecular flexibility index (Phi) is 4.47. The van der Waals surface area contributed by atoms with Crippen LogP contribution in [0.25, 0.3) is 0 Å².